The second kappa shape index (κ2) is 6.57. The molecule has 0 amide bonds. The van der Waals surface area contributed by atoms with Gasteiger partial charge in [-0.1, -0.05) is 53.0 Å². The van der Waals surface area contributed by atoms with E-state index in [2.05, 4.69) is 0 Å². The number of Topliss-reactive ketones (excluding diaryl/α,β-unsaturated/α-hetero) is 1. The van der Waals surface area contributed by atoms with E-state index in [9.17, 15) is 9.18 Å². The van der Waals surface area contributed by atoms with Crippen molar-refractivity contribution in [3.05, 3.63) is 68.4 Å². The first-order chi connectivity index (χ1) is 9.49. The monoisotopic (exact) mass is 330 g/mol. The van der Waals surface area contributed by atoms with Crippen molar-refractivity contribution in [1.82, 2.24) is 0 Å². The zero-order chi connectivity index (χ0) is 14.7. The summed E-state index contributed by atoms with van der Waals surface area (Å²) in [5.74, 6) is -0.666. The lowest BCUT2D eigenvalue weighted by atomic mass is 10.0. The maximum absolute atomic E-state index is 13.3. The van der Waals surface area contributed by atoms with Crippen LogP contribution in [0.1, 0.15) is 11.1 Å². The molecule has 0 saturated heterocycles. The average molecular weight is 332 g/mol. The van der Waals surface area contributed by atoms with Crippen LogP contribution in [0.5, 0.6) is 0 Å². The first-order valence-electron chi connectivity index (χ1n) is 5.86. The third-order valence-corrected chi connectivity index (χ3v) is 3.99. The molecule has 0 aliphatic carbocycles. The highest BCUT2D eigenvalue weighted by molar-refractivity contribution is 6.36. The van der Waals surface area contributed by atoms with E-state index in [1.165, 1.54) is 12.1 Å². The van der Waals surface area contributed by atoms with Gasteiger partial charge in [-0.3, -0.25) is 4.79 Å². The smallest absolute Gasteiger partial charge is 0.142 e. The fourth-order valence-electron chi connectivity index (χ4n) is 1.86. The van der Waals surface area contributed by atoms with Crippen molar-refractivity contribution >= 4 is 40.6 Å². The van der Waals surface area contributed by atoms with Crippen LogP contribution in [-0.4, -0.2) is 5.78 Å². The molecule has 0 fully saturated rings. The summed E-state index contributed by atoms with van der Waals surface area (Å²) in [6.45, 7) is 0. The SMILES string of the molecule is O=C(Cc1cccc(F)c1Cl)Cc1c(Cl)cccc1Cl. The topological polar surface area (TPSA) is 17.1 Å². The molecule has 0 saturated carbocycles. The maximum Gasteiger partial charge on any atom is 0.142 e. The Balaban J connectivity index is 2.16. The van der Waals surface area contributed by atoms with Crippen molar-refractivity contribution in [2.45, 2.75) is 12.8 Å². The van der Waals surface area contributed by atoms with Crippen molar-refractivity contribution in [3.8, 4) is 0 Å². The predicted octanol–water partition coefficient (Wildman–Crippen LogP) is 5.14. The lowest BCUT2D eigenvalue weighted by molar-refractivity contribution is -0.117. The molecule has 0 aliphatic rings. The number of hydrogen-bond donors (Lipinski definition) is 0. The normalized spacial score (nSPS) is 10.6. The molecule has 5 heteroatoms. The summed E-state index contributed by atoms with van der Waals surface area (Å²) < 4.78 is 13.3. The second-order valence-electron chi connectivity index (χ2n) is 4.31. The van der Waals surface area contributed by atoms with Crippen LogP contribution < -0.4 is 0 Å². The third-order valence-electron chi connectivity index (χ3n) is 2.85. The van der Waals surface area contributed by atoms with Crippen molar-refractivity contribution in [2.75, 3.05) is 0 Å². The molecular formula is C15H10Cl3FO. The number of hydrogen-bond acceptors (Lipinski definition) is 1. The van der Waals surface area contributed by atoms with Crippen LogP contribution in [0.4, 0.5) is 4.39 Å². The molecule has 2 rings (SSSR count). The highest BCUT2D eigenvalue weighted by Gasteiger charge is 2.14. The number of halogens is 4. The molecule has 1 nitrogen and oxygen atoms in total. The first-order valence-corrected chi connectivity index (χ1v) is 7.00. The van der Waals surface area contributed by atoms with E-state index in [1.807, 2.05) is 0 Å². The van der Waals surface area contributed by atoms with E-state index >= 15 is 0 Å². The molecule has 0 heterocycles. The molecule has 0 N–H and O–H groups in total. The summed E-state index contributed by atoms with van der Waals surface area (Å²) in [5, 5.41) is 0.860. The minimum atomic E-state index is -0.534. The number of rotatable bonds is 4. The van der Waals surface area contributed by atoms with Gasteiger partial charge in [-0.25, -0.2) is 4.39 Å². The van der Waals surface area contributed by atoms with Crippen molar-refractivity contribution in [1.29, 1.82) is 0 Å². The Hall–Kier alpha value is -1.09. The van der Waals surface area contributed by atoms with Crippen LogP contribution in [0.25, 0.3) is 0 Å². The van der Waals surface area contributed by atoms with Crippen LogP contribution >= 0.6 is 34.8 Å². The summed E-state index contributed by atoms with van der Waals surface area (Å²) in [4.78, 5) is 12.1. The van der Waals surface area contributed by atoms with Crippen LogP contribution in [0.3, 0.4) is 0 Å². The molecule has 0 radical (unpaired) electrons. The van der Waals surface area contributed by atoms with Gasteiger partial charge in [-0.15, -0.1) is 0 Å². The molecule has 0 aliphatic heterocycles. The van der Waals surface area contributed by atoms with E-state index in [1.54, 1.807) is 24.3 Å². The number of benzene rings is 2. The van der Waals surface area contributed by atoms with E-state index in [0.29, 0.717) is 21.2 Å². The third kappa shape index (κ3) is 3.51. The van der Waals surface area contributed by atoms with E-state index in [-0.39, 0.29) is 23.6 Å². The van der Waals surface area contributed by atoms with Gasteiger partial charge in [0.05, 0.1) is 5.02 Å². The Morgan fingerprint density at radius 3 is 2.20 bits per heavy atom. The molecule has 2 aromatic rings. The van der Waals surface area contributed by atoms with Gasteiger partial charge in [0.25, 0.3) is 0 Å². The lowest BCUT2D eigenvalue weighted by Crippen LogP contribution is -2.08. The van der Waals surface area contributed by atoms with Gasteiger partial charge < -0.3 is 0 Å². The molecule has 0 atom stereocenters. The Labute approximate surface area is 131 Å². The summed E-state index contributed by atoms with van der Waals surface area (Å²) in [6.07, 6.45) is 0.128. The van der Waals surface area contributed by atoms with Gasteiger partial charge in [0, 0.05) is 22.9 Å². The van der Waals surface area contributed by atoms with E-state index in [0.717, 1.165) is 0 Å². The summed E-state index contributed by atoms with van der Waals surface area (Å²) in [7, 11) is 0. The van der Waals surface area contributed by atoms with Gasteiger partial charge in [-0.2, -0.15) is 0 Å². The highest BCUT2D eigenvalue weighted by atomic mass is 35.5. The molecule has 0 spiro atoms. The first kappa shape index (κ1) is 15.3. The fraction of sp³-hybridized carbons (Fsp3) is 0.133. The molecular weight excluding hydrogens is 322 g/mol. The van der Waals surface area contributed by atoms with Crippen molar-refractivity contribution < 1.29 is 9.18 Å². The van der Waals surface area contributed by atoms with Gasteiger partial charge in [-0.05, 0) is 29.3 Å². The summed E-state index contributed by atoms with van der Waals surface area (Å²) in [5.41, 5.74) is 1.04. The number of ketones is 1. The molecule has 2 aromatic carbocycles. The van der Waals surface area contributed by atoms with Crippen LogP contribution in [-0.2, 0) is 17.6 Å². The highest BCUT2D eigenvalue weighted by Crippen LogP contribution is 2.26. The fourth-order valence-corrected chi connectivity index (χ4v) is 2.58. The van der Waals surface area contributed by atoms with Gasteiger partial charge in [0.2, 0.25) is 0 Å². The number of carbonyl (C=O) groups excluding carboxylic acids is 1. The quantitative estimate of drug-likeness (QED) is 0.758. The Morgan fingerprint density at radius 2 is 1.55 bits per heavy atom. The Morgan fingerprint density at radius 1 is 0.950 bits per heavy atom. The van der Waals surface area contributed by atoms with Crippen molar-refractivity contribution in [3.63, 3.8) is 0 Å². The minimum absolute atomic E-state index is 0.0221. The molecule has 0 bridgehead atoms. The van der Waals surface area contributed by atoms with Crippen LogP contribution in [0.15, 0.2) is 36.4 Å². The standard InChI is InChI=1S/C15H10Cl3FO/c16-12-4-2-5-13(17)11(12)8-10(20)7-9-3-1-6-14(19)15(9)18/h1-6H,7-8H2. The van der Waals surface area contributed by atoms with E-state index < -0.39 is 5.82 Å². The van der Waals surface area contributed by atoms with Gasteiger partial charge in [0.15, 0.2) is 0 Å². The summed E-state index contributed by atoms with van der Waals surface area (Å²) >= 11 is 17.8. The minimum Gasteiger partial charge on any atom is -0.299 e. The average Bonchev–Trinajstić information content (AvgIpc) is 2.39. The van der Waals surface area contributed by atoms with Crippen molar-refractivity contribution in [2.24, 2.45) is 0 Å². The second-order valence-corrected chi connectivity index (χ2v) is 5.50. The molecule has 0 unspecified atom stereocenters. The summed E-state index contributed by atoms with van der Waals surface area (Å²) in [6, 6.07) is 9.45. The zero-order valence-electron chi connectivity index (χ0n) is 10.3. The molecule has 104 valence electrons. The Kier molecular flexibility index (Phi) is 5.03. The maximum atomic E-state index is 13.3. The lowest BCUT2D eigenvalue weighted by Gasteiger charge is -2.07. The van der Waals surface area contributed by atoms with Gasteiger partial charge >= 0.3 is 0 Å². The number of carbonyl (C=O) groups is 1. The van der Waals surface area contributed by atoms with Gasteiger partial charge in [0.1, 0.15) is 11.6 Å². The Bertz CT molecular complexity index is 635. The zero-order valence-corrected chi connectivity index (χ0v) is 12.6. The molecule has 20 heavy (non-hydrogen) atoms. The van der Waals surface area contributed by atoms with E-state index in [4.69, 9.17) is 34.8 Å². The van der Waals surface area contributed by atoms with Crippen LogP contribution in [0.2, 0.25) is 15.1 Å². The predicted molar refractivity (Wildman–Crippen MR) is 80.3 cm³/mol. The molecule has 0 aromatic heterocycles. The largest absolute Gasteiger partial charge is 0.299 e. The van der Waals surface area contributed by atoms with Crippen LogP contribution in [0, 0.1) is 5.82 Å².